The molecule has 0 bridgehead atoms. The Bertz CT molecular complexity index is 845. The molecule has 1 N–H and O–H groups in total. The lowest BCUT2D eigenvalue weighted by molar-refractivity contribution is -0.122. The smallest absolute Gasteiger partial charge is 0.275 e. The van der Waals surface area contributed by atoms with Gasteiger partial charge in [0.1, 0.15) is 6.54 Å². The third kappa shape index (κ3) is 3.51. The quantitative estimate of drug-likeness (QED) is 0.909. The van der Waals surface area contributed by atoms with Crippen LogP contribution in [0.15, 0.2) is 35.3 Å². The van der Waals surface area contributed by atoms with Crippen molar-refractivity contribution >= 4 is 16.7 Å². The Morgan fingerprint density at radius 3 is 2.92 bits per heavy atom. The van der Waals surface area contributed by atoms with Crippen LogP contribution in [-0.4, -0.2) is 46.3 Å². The summed E-state index contributed by atoms with van der Waals surface area (Å²) in [6.07, 6.45) is 7.86. The zero-order chi connectivity index (χ0) is 17.9. The van der Waals surface area contributed by atoms with Gasteiger partial charge in [0.05, 0.1) is 11.6 Å². The highest BCUT2D eigenvalue weighted by molar-refractivity contribution is 5.81. The van der Waals surface area contributed by atoms with Gasteiger partial charge >= 0.3 is 0 Å². The van der Waals surface area contributed by atoms with Crippen molar-refractivity contribution in [2.24, 2.45) is 5.92 Å². The fourth-order valence-corrected chi connectivity index (χ4v) is 4.49. The van der Waals surface area contributed by atoms with Crippen molar-refractivity contribution in [3.8, 4) is 0 Å². The van der Waals surface area contributed by atoms with Gasteiger partial charge in [-0.2, -0.15) is 5.10 Å². The van der Waals surface area contributed by atoms with Crippen LogP contribution in [0.25, 0.3) is 10.8 Å². The summed E-state index contributed by atoms with van der Waals surface area (Å²) in [5.41, 5.74) is -0.214. The summed E-state index contributed by atoms with van der Waals surface area (Å²) in [6.45, 7) is 3.07. The van der Waals surface area contributed by atoms with Crippen LogP contribution in [-0.2, 0) is 11.3 Å². The highest BCUT2D eigenvalue weighted by atomic mass is 16.2. The molecule has 2 atom stereocenters. The Labute approximate surface area is 153 Å². The molecule has 26 heavy (non-hydrogen) atoms. The first-order valence-electron chi connectivity index (χ1n) is 9.68. The number of aromatic nitrogens is 2. The molecule has 1 aromatic carbocycles. The number of carbonyl (C=O) groups is 1. The second kappa shape index (κ2) is 7.58. The van der Waals surface area contributed by atoms with E-state index in [9.17, 15) is 9.59 Å². The van der Waals surface area contributed by atoms with Crippen LogP contribution in [0, 0.1) is 5.92 Å². The maximum atomic E-state index is 12.5. The van der Waals surface area contributed by atoms with E-state index < -0.39 is 0 Å². The number of hydrogen-bond donors (Lipinski definition) is 1. The van der Waals surface area contributed by atoms with E-state index in [1.54, 1.807) is 12.3 Å². The average Bonchev–Trinajstić information content (AvgIpc) is 2.69. The first-order valence-corrected chi connectivity index (χ1v) is 9.68. The molecule has 0 radical (unpaired) electrons. The second-order valence-electron chi connectivity index (χ2n) is 7.50. The van der Waals surface area contributed by atoms with Crippen LogP contribution in [0.4, 0.5) is 0 Å². The monoisotopic (exact) mass is 354 g/mol. The molecule has 138 valence electrons. The van der Waals surface area contributed by atoms with Crippen molar-refractivity contribution < 1.29 is 4.79 Å². The second-order valence-corrected chi connectivity index (χ2v) is 7.50. The Kier molecular flexibility index (Phi) is 5.02. The van der Waals surface area contributed by atoms with Gasteiger partial charge in [-0.3, -0.25) is 9.59 Å². The molecule has 0 spiro atoms. The summed E-state index contributed by atoms with van der Waals surface area (Å²) in [7, 11) is 0. The Balaban J connectivity index is 1.38. The lowest BCUT2D eigenvalue weighted by atomic mass is 9.83. The predicted octanol–water partition coefficient (Wildman–Crippen LogP) is 1.78. The first-order chi connectivity index (χ1) is 12.7. The van der Waals surface area contributed by atoms with Gasteiger partial charge in [0, 0.05) is 18.0 Å². The van der Waals surface area contributed by atoms with Crippen molar-refractivity contribution in [2.45, 2.75) is 44.7 Å². The van der Waals surface area contributed by atoms with Crippen molar-refractivity contribution in [2.75, 3.05) is 19.6 Å². The molecule has 4 rings (SSSR count). The number of piperidine rings is 2. The number of carbonyl (C=O) groups excluding carboxylic acids is 1. The van der Waals surface area contributed by atoms with Gasteiger partial charge in [0.15, 0.2) is 0 Å². The number of benzene rings is 1. The van der Waals surface area contributed by atoms with E-state index in [-0.39, 0.29) is 18.0 Å². The Morgan fingerprint density at radius 2 is 2.00 bits per heavy atom. The van der Waals surface area contributed by atoms with Crippen LogP contribution in [0.2, 0.25) is 0 Å². The van der Waals surface area contributed by atoms with Gasteiger partial charge in [-0.15, -0.1) is 0 Å². The van der Waals surface area contributed by atoms with E-state index >= 15 is 0 Å². The molecule has 2 fully saturated rings. The van der Waals surface area contributed by atoms with E-state index in [2.05, 4.69) is 15.3 Å². The van der Waals surface area contributed by atoms with E-state index in [1.165, 1.54) is 49.9 Å². The van der Waals surface area contributed by atoms with Crippen molar-refractivity contribution in [3.63, 3.8) is 0 Å². The number of fused-ring (bicyclic) bond motifs is 2. The van der Waals surface area contributed by atoms with Gasteiger partial charge < -0.3 is 10.2 Å². The molecule has 1 amide bonds. The Hall–Kier alpha value is -2.21. The standard InChI is InChI=1S/C20H26N4O2/c25-19(14-24-20(26)17-8-2-1-6-15(17)13-22-24)21-12-16-7-5-11-23-10-4-3-9-18(16)23/h1-2,6,8,13,16,18H,3-5,7,9-12,14H2,(H,21,25)/t16-,18+/m0/s1. The minimum Gasteiger partial charge on any atom is -0.354 e. The molecule has 2 aliphatic rings. The summed E-state index contributed by atoms with van der Waals surface area (Å²) in [5.74, 6) is 0.386. The fourth-order valence-electron chi connectivity index (χ4n) is 4.49. The molecule has 3 heterocycles. The molecule has 2 saturated heterocycles. The van der Waals surface area contributed by atoms with Crippen LogP contribution >= 0.6 is 0 Å². The third-order valence-electron chi connectivity index (χ3n) is 5.85. The van der Waals surface area contributed by atoms with Crippen LogP contribution < -0.4 is 10.9 Å². The van der Waals surface area contributed by atoms with Gasteiger partial charge in [0.2, 0.25) is 5.91 Å². The van der Waals surface area contributed by atoms with Gasteiger partial charge in [-0.05, 0) is 50.8 Å². The minimum atomic E-state index is -0.214. The van der Waals surface area contributed by atoms with E-state index in [0.717, 1.165) is 5.39 Å². The summed E-state index contributed by atoms with van der Waals surface area (Å²) in [6, 6.07) is 7.94. The van der Waals surface area contributed by atoms with Gasteiger partial charge in [-0.1, -0.05) is 24.6 Å². The largest absolute Gasteiger partial charge is 0.354 e. The normalized spacial score (nSPS) is 23.5. The zero-order valence-corrected chi connectivity index (χ0v) is 15.1. The molecule has 1 aromatic heterocycles. The number of nitrogens with one attached hydrogen (secondary N) is 1. The van der Waals surface area contributed by atoms with Gasteiger partial charge in [-0.25, -0.2) is 4.68 Å². The summed E-state index contributed by atoms with van der Waals surface area (Å²) in [4.78, 5) is 27.4. The number of hydrogen-bond acceptors (Lipinski definition) is 4. The van der Waals surface area contributed by atoms with E-state index in [0.29, 0.717) is 23.9 Å². The molecule has 2 aliphatic heterocycles. The summed E-state index contributed by atoms with van der Waals surface area (Å²) >= 11 is 0. The van der Waals surface area contributed by atoms with Crippen molar-refractivity contribution in [3.05, 3.63) is 40.8 Å². The molecule has 0 saturated carbocycles. The van der Waals surface area contributed by atoms with E-state index in [4.69, 9.17) is 0 Å². The summed E-state index contributed by atoms with van der Waals surface area (Å²) < 4.78 is 1.26. The van der Waals surface area contributed by atoms with Crippen LogP contribution in [0.1, 0.15) is 32.1 Å². The summed E-state index contributed by atoms with van der Waals surface area (Å²) in [5, 5.41) is 8.58. The van der Waals surface area contributed by atoms with Crippen LogP contribution in [0.3, 0.4) is 0 Å². The molecule has 0 unspecified atom stereocenters. The molecule has 0 aliphatic carbocycles. The molecule has 6 heteroatoms. The molecule has 2 aromatic rings. The van der Waals surface area contributed by atoms with Crippen molar-refractivity contribution in [1.29, 1.82) is 0 Å². The number of rotatable bonds is 4. The third-order valence-corrected chi connectivity index (χ3v) is 5.85. The number of amides is 1. The van der Waals surface area contributed by atoms with E-state index in [1.807, 2.05) is 18.2 Å². The highest BCUT2D eigenvalue weighted by Gasteiger charge is 2.32. The Morgan fingerprint density at radius 1 is 1.15 bits per heavy atom. The zero-order valence-electron chi connectivity index (χ0n) is 15.1. The molecule has 6 nitrogen and oxygen atoms in total. The molecular weight excluding hydrogens is 328 g/mol. The fraction of sp³-hybridized carbons (Fsp3) is 0.550. The highest BCUT2D eigenvalue weighted by Crippen LogP contribution is 2.30. The van der Waals surface area contributed by atoms with Gasteiger partial charge in [0.25, 0.3) is 5.56 Å². The lowest BCUT2D eigenvalue weighted by Crippen LogP contribution is -2.51. The minimum absolute atomic E-state index is 0.0230. The first kappa shape index (κ1) is 17.2. The lowest BCUT2D eigenvalue weighted by Gasteiger charge is -2.44. The SMILES string of the molecule is O=C(Cn1ncc2ccccc2c1=O)NC[C@@H]1CCCN2CCCC[C@H]12. The van der Waals surface area contributed by atoms with Crippen molar-refractivity contribution in [1.82, 2.24) is 20.0 Å². The predicted molar refractivity (Wildman–Crippen MR) is 101 cm³/mol. The topological polar surface area (TPSA) is 67.2 Å². The number of nitrogens with zero attached hydrogens (tertiary/aromatic N) is 3. The average molecular weight is 354 g/mol. The maximum absolute atomic E-state index is 12.5. The van der Waals surface area contributed by atoms with Crippen LogP contribution in [0.5, 0.6) is 0 Å². The molecular formula is C20H26N4O2. The maximum Gasteiger partial charge on any atom is 0.275 e.